The Labute approximate surface area is 121 Å². The van der Waals surface area contributed by atoms with Crippen LogP contribution in [0.25, 0.3) is 0 Å². The van der Waals surface area contributed by atoms with Gasteiger partial charge < -0.3 is 4.74 Å². The van der Waals surface area contributed by atoms with Crippen molar-refractivity contribution in [3.8, 4) is 0 Å². The van der Waals surface area contributed by atoms with E-state index < -0.39 is 0 Å². The molecular weight excluding hydrogens is 260 g/mol. The number of rotatable bonds is 6. The minimum atomic E-state index is 0.0958. The van der Waals surface area contributed by atoms with Gasteiger partial charge in [-0.2, -0.15) is 5.10 Å². The van der Waals surface area contributed by atoms with E-state index in [0.717, 1.165) is 45.4 Å². The third-order valence-corrected chi connectivity index (χ3v) is 4.50. The average Bonchev–Trinajstić information content (AvgIpc) is 3.05. The number of hydrogen-bond acceptors (Lipinski definition) is 2. The molecule has 1 aromatic rings. The maximum absolute atomic E-state index is 6.51. The molecule has 0 radical (unpaired) electrons. The second-order valence-corrected chi connectivity index (χ2v) is 5.83. The zero-order chi connectivity index (χ0) is 13.8. The maximum Gasteiger partial charge on any atom is 0.0671 e. The molecule has 0 amide bonds. The van der Waals surface area contributed by atoms with Crippen LogP contribution in [-0.2, 0) is 24.1 Å². The van der Waals surface area contributed by atoms with Crippen molar-refractivity contribution in [1.82, 2.24) is 9.78 Å². The summed E-state index contributed by atoms with van der Waals surface area (Å²) in [4.78, 5) is 0. The number of alkyl halides is 1. The molecule has 0 bridgehead atoms. The van der Waals surface area contributed by atoms with Crippen LogP contribution in [0.5, 0.6) is 0 Å². The second kappa shape index (κ2) is 6.76. The van der Waals surface area contributed by atoms with Crippen LogP contribution >= 0.6 is 11.6 Å². The van der Waals surface area contributed by atoms with E-state index in [1.807, 2.05) is 0 Å². The molecule has 0 aliphatic carbocycles. The minimum absolute atomic E-state index is 0.0958. The van der Waals surface area contributed by atoms with Crippen LogP contribution in [0.4, 0.5) is 0 Å². The van der Waals surface area contributed by atoms with Crippen molar-refractivity contribution in [2.45, 2.75) is 58.4 Å². The molecule has 2 unspecified atom stereocenters. The van der Waals surface area contributed by atoms with Gasteiger partial charge in [-0.15, -0.1) is 11.6 Å². The van der Waals surface area contributed by atoms with Crippen LogP contribution in [0.3, 0.4) is 0 Å². The summed E-state index contributed by atoms with van der Waals surface area (Å²) in [5.41, 5.74) is 3.79. The van der Waals surface area contributed by atoms with Gasteiger partial charge in [-0.3, -0.25) is 4.68 Å². The van der Waals surface area contributed by atoms with E-state index in [4.69, 9.17) is 21.4 Å². The molecule has 1 aromatic heterocycles. The number of halogens is 1. The molecule has 0 aromatic carbocycles. The highest BCUT2D eigenvalue weighted by molar-refractivity contribution is 6.20. The fraction of sp³-hybridized carbons (Fsp3) is 0.800. The summed E-state index contributed by atoms with van der Waals surface area (Å²) in [6, 6.07) is 0. The molecule has 1 aliphatic rings. The zero-order valence-electron chi connectivity index (χ0n) is 12.3. The Balaban J connectivity index is 2.29. The van der Waals surface area contributed by atoms with Gasteiger partial charge in [0.25, 0.3) is 0 Å². The number of aryl methyl sites for hydroxylation is 1. The summed E-state index contributed by atoms with van der Waals surface area (Å²) in [5.74, 6) is 0.609. The first-order chi connectivity index (χ1) is 9.21. The number of aromatic nitrogens is 2. The Morgan fingerprint density at radius 3 is 2.68 bits per heavy atom. The standard InChI is InChI=1S/C15H25ClN2O/c1-4-12(16)15-13(5-2)17-18(14(15)6-3)9-11-7-8-19-10-11/h11-12H,4-10H2,1-3H3. The normalized spacial score (nSPS) is 20.9. The number of nitrogens with zero attached hydrogens (tertiary/aromatic N) is 2. The molecule has 2 heterocycles. The van der Waals surface area contributed by atoms with E-state index in [0.29, 0.717) is 5.92 Å². The molecule has 108 valence electrons. The molecule has 0 saturated carbocycles. The van der Waals surface area contributed by atoms with Crippen LogP contribution in [0.15, 0.2) is 0 Å². The fourth-order valence-electron chi connectivity index (χ4n) is 2.89. The summed E-state index contributed by atoms with van der Waals surface area (Å²) in [7, 11) is 0. The average molecular weight is 285 g/mol. The summed E-state index contributed by atoms with van der Waals surface area (Å²) < 4.78 is 7.66. The van der Waals surface area contributed by atoms with E-state index in [2.05, 4.69) is 25.5 Å². The quantitative estimate of drug-likeness (QED) is 0.744. The lowest BCUT2D eigenvalue weighted by molar-refractivity contribution is 0.181. The van der Waals surface area contributed by atoms with Crippen molar-refractivity contribution < 1.29 is 4.74 Å². The monoisotopic (exact) mass is 284 g/mol. The Hall–Kier alpha value is -0.540. The Morgan fingerprint density at radius 1 is 1.37 bits per heavy atom. The molecule has 3 nitrogen and oxygen atoms in total. The van der Waals surface area contributed by atoms with Gasteiger partial charge in [0.2, 0.25) is 0 Å². The van der Waals surface area contributed by atoms with Gasteiger partial charge in [0, 0.05) is 30.3 Å². The molecule has 4 heteroatoms. The third kappa shape index (κ3) is 3.14. The molecule has 0 N–H and O–H groups in total. The van der Waals surface area contributed by atoms with Gasteiger partial charge in [0.05, 0.1) is 17.7 Å². The van der Waals surface area contributed by atoms with Gasteiger partial charge in [-0.1, -0.05) is 20.8 Å². The lowest BCUT2D eigenvalue weighted by Gasteiger charge is -2.13. The lowest BCUT2D eigenvalue weighted by atomic mass is 10.0. The van der Waals surface area contributed by atoms with E-state index in [9.17, 15) is 0 Å². The smallest absolute Gasteiger partial charge is 0.0671 e. The number of hydrogen-bond donors (Lipinski definition) is 0. The Kier molecular flexibility index (Phi) is 5.28. The highest BCUT2D eigenvalue weighted by atomic mass is 35.5. The largest absolute Gasteiger partial charge is 0.381 e. The first kappa shape index (κ1) is 14.9. The van der Waals surface area contributed by atoms with Crippen LogP contribution in [0.1, 0.15) is 55.9 Å². The SMILES string of the molecule is CCc1nn(CC2CCOC2)c(CC)c1C(Cl)CC. The molecule has 2 rings (SSSR count). The van der Waals surface area contributed by atoms with E-state index in [1.54, 1.807) is 0 Å². The van der Waals surface area contributed by atoms with Gasteiger partial charge >= 0.3 is 0 Å². The van der Waals surface area contributed by atoms with Gasteiger partial charge in [-0.05, 0) is 25.7 Å². The van der Waals surface area contributed by atoms with Gasteiger partial charge in [-0.25, -0.2) is 0 Å². The summed E-state index contributed by atoms with van der Waals surface area (Å²) in [6.45, 7) is 9.24. The molecule has 2 atom stereocenters. The van der Waals surface area contributed by atoms with Crippen molar-refractivity contribution in [3.05, 3.63) is 17.0 Å². The van der Waals surface area contributed by atoms with Crippen LogP contribution in [0, 0.1) is 5.92 Å². The summed E-state index contributed by atoms with van der Waals surface area (Å²) in [5, 5.41) is 4.90. The topological polar surface area (TPSA) is 27.1 Å². The highest BCUT2D eigenvalue weighted by Gasteiger charge is 2.23. The van der Waals surface area contributed by atoms with Crippen molar-refractivity contribution in [3.63, 3.8) is 0 Å². The van der Waals surface area contributed by atoms with Crippen LogP contribution < -0.4 is 0 Å². The minimum Gasteiger partial charge on any atom is -0.381 e. The lowest BCUT2D eigenvalue weighted by Crippen LogP contribution is -2.14. The fourth-order valence-corrected chi connectivity index (χ4v) is 3.14. The van der Waals surface area contributed by atoms with E-state index >= 15 is 0 Å². The van der Waals surface area contributed by atoms with Crippen molar-refractivity contribution >= 4 is 11.6 Å². The molecule has 1 fully saturated rings. The van der Waals surface area contributed by atoms with Gasteiger partial charge in [0.15, 0.2) is 0 Å². The van der Waals surface area contributed by atoms with Crippen LogP contribution in [-0.4, -0.2) is 23.0 Å². The maximum atomic E-state index is 6.51. The van der Waals surface area contributed by atoms with Crippen LogP contribution in [0.2, 0.25) is 0 Å². The summed E-state index contributed by atoms with van der Waals surface area (Å²) in [6.07, 6.45) is 4.07. The Morgan fingerprint density at radius 2 is 2.16 bits per heavy atom. The van der Waals surface area contributed by atoms with Crippen molar-refractivity contribution in [2.24, 2.45) is 5.92 Å². The molecule has 1 saturated heterocycles. The molecule has 0 spiro atoms. The van der Waals surface area contributed by atoms with Crippen molar-refractivity contribution in [2.75, 3.05) is 13.2 Å². The van der Waals surface area contributed by atoms with E-state index in [-0.39, 0.29) is 5.38 Å². The molecule has 19 heavy (non-hydrogen) atoms. The first-order valence-electron chi connectivity index (χ1n) is 7.51. The van der Waals surface area contributed by atoms with Gasteiger partial charge in [0.1, 0.15) is 0 Å². The predicted octanol–water partition coefficient (Wildman–Crippen LogP) is 3.73. The summed E-state index contributed by atoms with van der Waals surface area (Å²) >= 11 is 6.51. The van der Waals surface area contributed by atoms with E-state index in [1.165, 1.54) is 17.0 Å². The second-order valence-electron chi connectivity index (χ2n) is 5.30. The number of ether oxygens (including phenoxy) is 1. The zero-order valence-corrected chi connectivity index (χ0v) is 13.0. The Bertz CT molecular complexity index is 411. The highest BCUT2D eigenvalue weighted by Crippen LogP contribution is 2.31. The molecular formula is C15H25ClN2O. The molecule has 1 aliphatic heterocycles. The predicted molar refractivity (Wildman–Crippen MR) is 78.8 cm³/mol. The van der Waals surface area contributed by atoms with Crippen molar-refractivity contribution in [1.29, 1.82) is 0 Å². The third-order valence-electron chi connectivity index (χ3n) is 3.97. The first-order valence-corrected chi connectivity index (χ1v) is 7.95.